The third kappa shape index (κ3) is 3.82. The van der Waals surface area contributed by atoms with Gasteiger partial charge in [0.2, 0.25) is 0 Å². The third-order valence-electron chi connectivity index (χ3n) is 4.55. The molecule has 0 saturated carbocycles. The van der Waals surface area contributed by atoms with Crippen LogP contribution in [0, 0.1) is 5.92 Å². The van der Waals surface area contributed by atoms with Crippen molar-refractivity contribution in [3.8, 4) is 5.82 Å². The minimum absolute atomic E-state index is 0.0437. The van der Waals surface area contributed by atoms with Crippen LogP contribution in [-0.4, -0.2) is 40.3 Å². The number of hydrogen-bond acceptors (Lipinski definition) is 4. The van der Waals surface area contributed by atoms with Crippen molar-refractivity contribution in [2.45, 2.75) is 32.6 Å². The number of rotatable bonds is 6. The maximum Gasteiger partial charge on any atom is 0.254 e. The molecule has 1 aliphatic heterocycles. The van der Waals surface area contributed by atoms with Gasteiger partial charge in [-0.05, 0) is 56.8 Å². The topological polar surface area (TPSA) is 71.8 Å². The zero-order valence-electron chi connectivity index (χ0n) is 14.2. The number of nitrogens with one attached hydrogen (secondary N) is 2. The summed E-state index contributed by atoms with van der Waals surface area (Å²) >= 11 is 0. The highest BCUT2D eigenvalue weighted by Crippen LogP contribution is 2.15. The summed E-state index contributed by atoms with van der Waals surface area (Å²) in [6, 6.07) is 5.68. The second-order valence-electron chi connectivity index (χ2n) is 6.22. The fraction of sp³-hybridized carbons (Fsp3) is 0.500. The predicted molar refractivity (Wildman–Crippen MR) is 93.3 cm³/mol. The van der Waals surface area contributed by atoms with Crippen LogP contribution in [0.5, 0.6) is 0 Å². The highest BCUT2D eigenvalue weighted by Gasteiger charge is 2.18. The molecule has 0 bridgehead atoms. The number of pyridine rings is 1. The quantitative estimate of drug-likeness (QED) is 0.851. The van der Waals surface area contributed by atoms with Crippen molar-refractivity contribution in [1.82, 2.24) is 25.4 Å². The highest BCUT2D eigenvalue weighted by molar-refractivity contribution is 5.95. The van der Waals surface area contributed by atoms with Gasteiger partial charge in [-0.3, -0.25) is 4.79 Å². The molecule has 0 radical (unpaired) electrons. The minimum atomic E-state index is -0.0437. The number of carbonyl (C=O) groups excluding carboxylic acids is 1. The summed E-state index contributed by atoms with van der Waals surface area (Å²) in [7, 11) is 0. The summed E-state index contributed by atoms with van der Waals surface area (Å²) in [6.45, 7) is 4.92. The van der Waals surface area contributed by atoms with Gasteiger partial charge in [-0.2, -0.15) is 5.10 Å². The van der Waals surface area contributed by atoms with Crippen LogP contribution in [0.4, 0.5) is 0 Å². The molecule has 6 heteroatoms. The van der Waals surface area contributed by atoms with Gasteiger partial charge in [0.25, 0.3) is 5.91 Å². The maximum atomic E-state index is 12.5. The molecule has 0 aromatic carbocycles. The zero-order valence-corrected chi connectivity index (χ0v) is 14.2. The molecule has 128 valence electrons. The van der Waals surface area contributed by atoms with Crippen molar-refractivity contribution in [2.24, 2.45) is 5.92 Å². The van der Waals surface area contributed by atoms with E-state index < -0.39 is 0 Å². The number of aromatic nitrogens is 3. The summed E-state index contributed by atoms with van der Waals surface area (Å²) in [5.41, 5.74) is 1.54. The first kappa shape index (κ1) is 16.6. The van der Waals surface area contributed by atoms with E-state index in [4.69, 9.17) is 0 Å². The van der Waals surface area contributed by atoms with Crippen LogP contribution in [0.15, 0.2) is 30.6 Å². The second kappa shape index (κ2) is 8.06. The van der Waals surface area contributed by atoms with E-state index in [0.717, 1.165) is 37.4 Å². The maximum absolute atomic E-state index is 12.5. The number of hydrogen-bond donors (Lipinski definition) is 2. The smallest absolute Gasteiger partial charge is 0.254 e. The molecule has 0 spiro atoms. The Morgan fingerprint density at radius 2 is 2.38 bits per heavy atom. The largest absolute Gasteiger partial charge is 0.352 e. The van der Waals surface area contributed by atoms with Crippen LogP contribution in [0.3, 0.4) is 0 Å². The first-order valence-corrected chi connectivity index (χ1v) is 8.76. The molecule has 1 atom stereocenters. The summed E-state index contributed by atoms with van der Waals surface area (Å²) in [6.07, 6.45) is 7.61. The van der Waals surface area contributed by atoms with E-state index in [1.54, 1.807) is 17.1 Å². The van der Waals surface area contributed by atoms with Gasteiger partial charge in [0, 0.05) is 12.7 Å². The van der Waals surface area contributed by atoms with Crippen LogP contribution < -0.4 is 10.6 Å². The Balaban J connectivity index is 1.63. The van der Waals surface area contributed by atoms with Crippen molar-refractivity contribution in [3.63, 3.8) is 0 Å². The van der Waals surface area contributed by atoms with E-state index in [9.17, 15) is 4.79 Å². The second-order valence-corrected chi connectivity index (χ2v) is 6.22. The Kier molecular flexibility index (Phi) is 5.59. The molecule has 1 aliphatic rings. The average Bonchev–Trinajstić information content (AvgIpc) is 3.07. The summed E-state index contributed by atoms with van der Waals surface area (Å²) in [5.74, 6) is 1.36. The summed E-state index contributed by atoms with van der Waals surface area (Å²) < 4.78 is 1.75. The van der Waals surface area contributed by atoms with Crippen LogP contribution in [-0.2, 0) is 6.42 Å². The number of amides is 1. The first-order valence-electron chi connectivity index (χ1n) is 8.76. The van der Waals surface area contributed by atoms with Gasteiger partial charge < -0.3 is 10.6 Å². The number of nitrogens with zero attached hydrogens (tertiary/aromatic N) is 3. The minimum Gasteiger partial charge on any atom is -0.352 e. The lowest BCUT2D eigenvalue weighted by molar-refractivity contribution is 0.0949. The molecule has 1 fully saturated rings. The van der Waals surface area contributed by atoms with Crippen molar-refractivity contribution in [1.29, 1.82) is 0 Å². The van der Waals surface area contributed by atoms with Crippen molar-refractivity contribution < 1.29 is 4.79 Å². The first-order chi connectivity index (χ1) is 11.8. The van der Waals surface area contributed by atoms with Crippen LogP contribution in [0.1, 0.15) is 42.2 Å². The Bertz CT molecular complexity index is 661. The molecule has 0 aliphatic carbocycles. The van der Waals surface area contributed by atoms with E-state index >= 15 is 0 Å². The Morgan fingerprint density at radius 1 is 1.46 bits per heavy atom. The van der Waals surface area contributed by atoms with Crippen LogP contribution in [0.2, 0.25) is 0 Å². The predicted octanol–water partition coefficient (Wildman–Crippen LogP) is 1.95. The van der Waals surface area contributed by atoms with E-state index in [1.807, 2.05) is 25.1 Å². The molecule has 1 unspecified atom stereocenters. The van der Waals surface area contributed by atoms with Gasteiger partial charge in [0.15, 0.2) is 5.82 Å². The molecule has 2 N–H and O–H groups in total. The van der Waals surface area contributed by atoms with E-state index in [2.05, 4.69) is 20.7 Å². The van der Waals surface area contributed by atoms with Gasteiger partial charge in [0.1, 0.15) is 0 Å². The van der Waals surface area contributed by atoms with Gasteiger partial charge >= 0.3 is 0 Å². The summed E-state index contributed by atoms with van der Waals surface area (Å²) in [4.78, 5) is 16.8. The van der Waals surface area contributed by atoms with Gasteiger partial charge in [-0.25, -0.2) is 9.67 Å². The molecule has 3 heterocycles. The Hall–Kier alpha value is -2.21. The van der Waals surface area contributed by atoms with Crippen molar-refractivity contribution in [2.75, 3.05) is 19.6 Å². The lowest BCUT2D eigenvalue weighted by Gasteiger charge is -2.22. The molecular weight excluding hydrogens is 302 g/mol. The van der Waals surface area contributed by atoms with Crippen molar-refractivity contribution in [3.05, 3.63) is 41.9 Å². The average molecular weight is 327 g/mol. The fourth-order valence-electron chi connectivity index (χ4n) is 3.24. The monoisotopic (exact) mass is 327 g/mol. The molecule has 2 aromatic heterocycles. The van der Waals surface area contributed by atoms with Gasteiger partial charge in [-0.15, -0.1) is 0 Å². The summed E-state index contributed by atoms with van der Waals surface area (Å²) in [5, 5.41) is 10.8. The lowest BCUT2D eigenvalue weighted by atomic mass is 9.96. The van der Waals surface area contributed by atoms with Crippen LogP contribution >= 0.6 is 0 Å². The van der Waals surface area contributed by atoms with Crippen molar-refractivity contribution >= 4 is 5.91 Å². The van der Waals surface area contributed by atoms with E-state index in [0.29, 0.717) is 18.0 Å². The van der Waals surface area contributed by atoms with Gasteiger partial charge in [0.05, 0.1) is 17.5 Å². The Morgan fingerprint density at radius 3 is 3.08 bits per heavy atom. The van der Waals surface area contributed by atoms with E-state index in [1.165, 1.54) is 12.8 Å². The molecule has 24 heavy (non-hydrogen) atoms. The lowest BCUT2D eigenvalue weighted by Crippen LogP contribution is -2.33. The molecule has 3 rings (SSSR count). The van der Waals surface area contributed by atoms with Gasteiger partial charge in [-0.1, -0.05) is 13.0 Å². The molecule has 6 nitrogen and oxygen atoms in total. The molecular formula is C18H25N5O. The third-order valence-corrected chi connectivity index (χ3v) is 4.55. The molecule has 1 saturated heterocycles. The Labute approximate surface area is 142 Å². The van der Waals surface area contributed by atoms with E-state index in [-0.39, 0.29) is 5.91 Å². The standard InChI is InChI=1S/C18H25N5O/c1-2-16-15(13-22-23(16)17-7-3-4-10-20-17)18(24)21-11-8-14-6-5-9-19-12-14/h3-4,7,10,13-14,19H,2,5-6,8-9,11-12H2,1H3,(H,21,24). The SMILES string of the molecule is CCc1c(C(=O)NCCC2CCCNC2)cnn1-c1ccccn1. The molecule has 2 aromatic rings. The number of piperidine rings is 1. The zero-order chi connectivity index (χ0) is 16.8. The fourth-order valence-corrected chi connectivity index (χ4v) is 3.24. The highest BCUT2D eigenvalue weighted by atomic mass is 16.1. The molecule has 1 amide bonds. The normalized spacial score (nSPS) is 17.6. The number of carbonyl (C=O) groups is 1. The van der Waals surface area contributed by atoms with Crippen LogP contribution in [0.25, 0.3) is 5.82 Å².